The maximum Gasteiger partial charge on any atom is 0.267 e. The fraction of sp³-hybridized carbons (Fsp3) is 0.300. The second-order valence-electron chi connectivity index (χ2n) is 6.91. The van der Waals surface area contributed by atoms with Crippen molar-refractivity contribution in [2.45, 2.75) is 6.10 Å². The highest BCUT2D eigenvalue weighted by atomic mass is 32.1. The zero-order valence-electron chi connectivity index (χ0n) is 15.3. The molecule has 2 aliphatic heterocycles. The van der Waals surface area contributed by atoms with E-state index in [0.29, 0.717) is 47.5 Å². The quantitative estimate of drug-likeness (QED) is 0.642. The number of rotatable bonds is 2. The average molecular weight is 417 g/mol. The summed E-state index contributed by atoms with van der Waals surface area (Å²) in [5.74, 6) is -0.181. The molecule has 150 valence electrons. The van der Waals surface area contributed by atoms with E-state index in [0.717, 1.165) is 6.07 Å². The van der Waals surface area contributed by atoms with Crippen molar-refractivity contribution in [3.8, 4) is 11.5 Å². The van der Waals surface area contributed by atoms with E-state index in [1.54, 1.807) is 11.0 Å². The Morgan fingerprint density at radius 3 is 2.66 bits per heavy atom. The van der Waals surface area contributed by atoms with Crippen molar-refractivity contribution >= 4 is 32.6 Å². The molecule has 29 heavy (non-hydrogen) atoms. The van der Waals surface area contributed by atoms with Crippen LogP contribution in [0.15, 0.2) is 36.4 Å². The number of aromatic nitrogens is 1. The van der Waals surface area contributed by atoms with Gasteiger partial charge in [0.15, 0.2) is 22.4 Å². The lowest BCUT2D eigenvalue weighted by molar-refractivity contribution is -0.141. The summed E-state index contributed by atoms with van der Waals surface area (Å²) in [7, 11) is 0. The minimum absolute atomic E-state index is 0.114. The van der Waals surface area contributed by atoms with Crippen LogP contribution in [0.5, 0.6) is 11.5 Å². The molecule has 1 aromatic heterocycles. The van der Waals surface area contributed by atoms with Crippen LogP contribution < -0.4 is 14.4 Å². The molecule has 2 aliphatic rings. The first-order valence-electron chi connectivity index (χ1n) is 9.26. The topological polar surface area (TPSA) is 54.9 Å². The number of benzene rings is 2. The molecule has 9 heteroatoms. The van der Waals surface area contributed by atoms with Crippen LogP contribution >= 0.6 is 11.3 Å². The Morgan fingerprint density at radius 2 is 1.86 bits per heavy atom. The van der Waals surface area contributed by atoms with E-state index in [9.17, 15) is 13.6 Å². The number of halogens is 2. The molecule has 3 heterocycles. The molecule has 6 nitrogen and oxygen atoms in total. The summed E-state index contributed by atoms with van der Waals surface area (Å²) in [6.07, 6.45) is -0.670. The van der Waals surface area contributed by atoms with Gasteiger partial charge in [0.2, 0.25) is 6.10 Å². The van der Waals surface area contributed by atoms with Gasteiger partial charge >= 0.3 is 0 Å². The summed E-state index contributed by atoms with van der Waals surface area (Å²) in [6, 6.07) is 9.40. The van der Waals surface area contributed by atoms with Crippen LogP contribution in [-0.2, 0) is 4.79 Å². The molecule has 3 aromatic rings. The number of thiazole rings is 1. The van der Waals surface area contributed by atoms with E-state index in [-0.39, 0.29) is 18.0 Å². The molecule has 1 atom stereocenters. The lowest BCUT2D eigenvalue weighted by Crippen LogP contribution is -2.54. The standard InChI is InChI=1S/C20H17F2N3O3S/c21-12-9-13(22)18-17(10-12)29-20(23-18)25-7-5-24(6-8-25)19(26)16-11-27-14-3-1-2-4-15(14)28-16/h1-4,9-10,16H,5-8,11H2/t16-/m0/s1. The van der Waals surface area contributed by atoms with Crippen LogP contribution in [0.2, 0.25) is 0 Å². The van der Waals surface area contributed by atoms with Gasteiger partial charge in [-0.05, 0) is 18.2 Å². The number of fused-ring (bicyclic) bond motifs is 2. The predicted molar refractivity (Wildman–Crippen MR) is 105 cm³/mol. The molecule has 0 radical (unpaired) electrons. The smallest absolute Gasteiger partial charge is 0.267 e. The van der Waals surface area contributed by atoms with Gasteiger partial charge in [0.25, 0.3) is 5.91 Å². The molecule has 1 amide bonds. The van der Waals surface area contributed by atoms with Gasteiger partial charge < -0.3 is 19.3 Å². The molecule has 0 spiro atoms. The van der Waals surface area contributed by atoms with Gasteiger partial charge in [-0.1, -0.05) is 23.5 Å². The first kappa shape index (κ1) is 18.1. The normalized spacial score (nSPS) is 18.9. The highest BCUT2D eigenvalue weighted by Gasteiger charge is 2.33. The minimum Gasteiger partial charge on any atom is -0.485 e. The van der Waals surface area contributed by atoms with Crippen molar-refractivity contribution in [2.24, 2.45) is 0 Å². The van der Waals surface area contributed by atoms with Gasteiger partial charge in [-0.15, -0.1) is 0 Å². The van der Waals surface area contributed by atoms with Crippen molar-refractivity contribution < 1.29 is 23.0 Å². The van der Waals surface area contributed by atoms with Crippen LogP contribution in [0.1, 0.15) is 0 Å². The molecule has 0 aliphatic carbocycles. The molecule has 2 aromatic carbocycles. The minimum atomic E-state index is -0.670. The van der Waals surface area contributed by atoms with Crippen LogP contribution in [0.4, 0.5) is 13.9 Å². The Labute approximate surface area is 169 Å². The highest BCUT2D eigenvalue weighted by Crippen LogP contribution is 2.33. The third-order valence-electron chi connectivity index (χ3n) is 5.05. The van der Waals surface area contributed by atoms with E-state index in [4.69, 9.17) is 9.47 Å². The van der Waals surface area contributed by atoms with Crippen molar-refractivity contribution in [1.82, 2.24) is 9.88 Å². The molecule has 5 rings (SSSR count). The first-order valence-corrected chi connectivity index (χ1v) is 10.1. The van der Waals surface area contributed by atoms with Crippen LogP contribution in [0, 0.1) is 11.6 Å². The number of amides is 1. The molecule has 0 saturated carbocycles. The van der Waals surface area contributed by atoms with E-state index in [2.05, 4.69) is 4.98 Å². The number of hydrogen-bond acceptors (Lipinski definition) is 6. The number of nitrogens with zero attached hydrogens (tertiary/aromatic N) is 3. The third kappa shape index (κ3) is 3.35. The van der Waals surface area contributed by atoms with Gasteiger partial charge in [-0.3, -0.25) is 4.79 Å². The molecule has 0 N–H and O–H groups in total. The SMILES string of the molecule is O=C([C@@H]1COc2ccccc2O1)N1CCN(c2nc3c(F)cc(F)cc3s2)CC1. The summed E-state index contributed by atoms with van der Waals surface area (Å²) in [5, 5.41) is 0.628. The summed E-state index contributed by atoms with van der Waals surface area (Å²) >= 11 is 1.25. The highest BCUT2D eigenvalue weighted by molar-refractivity contribution is 7.22. The first-order chi connectivity index (χ1) is 14.1. The van der Waals surface area contributed by atoms with E-state index in [1.165, 1.54) is 17.4 Å². The number of ether oxygens (including phenoxy) is 2. The number of carbonyl (C=O) groups is 1. The zero-order valence-corrected chi connectivity index (χ0v) is 16.1. The van der Waals surface area contributed by atoms with Crippen molar-refractivity contribution in [3.05, 3.63) is 48.0 Å². The van der Waals surface area contributed by atoms with Crippen molar-refractivity contribution in [1.29, 1.82) is 0 Å². The maximum atomic E-state index is 13.9. The lowest BCUT2D eigenvalue weighted by Gasteiger charge is -2.37. The summed E-state index contributed by atoms with van der Waals surface area (Å²) in [5.41, 5.74) is 0.177. The number of hydrogen-bond donors (Lipinski definition) is 0. The largest absolute Gasteiger partial charge is 0.485 e. The lowest BCUT2D eigenvalue weighted by atomic mass is 10.2. The summed E-state index contributed by atoms with van der Waals surface area (Å²) in [6.45, 7) is 2.28. The number of piperazine rings is 1. The van der Waals surface area contributed by atoms with Gasteiger partial charge in [0.1, 0.15) is 17.9 Å². The van der Waals surface area contributed by atoms with Crippen molar-refractivity contribution in [3.63, 3.8) is 0 Å². The Bertz CT molecular complexity index is 1080. The van der Waals surface area contributed by atoms with Gasteiger partial charge in [-0.2, -0.15) is 0 Å². The predicted octanol–water partition coefficient (Wildman–Crippen LogP) is 3.06. The fourth-order valence-corrected chi connectivity index (χ4v) is 4.60. The molecule has 1 saturated heterocycles. The van der Waals surface area contributed by atoms with Crippen molar-refractivity contribution in [2.75, 3.05) is 37.7 Å². The van der Waals surface area contributed by atoms with Crippen LogP contribution in [0.3, 0.4) is 0 Å². The molecule has 0 unspecified atom stereocenters. The van der Waals surface area contributed by atoms with Gasteiger partial charge in [0, 0.05) is 32.2 Å². The van der Waals surface area contributed by atoms with Gasteiger partial charge in [-0.25, -0.2) is 13.8 Å². The second-order valence-corrected chi connectivity index (χ2v) is 7.92. The monoisotopic (exact) mass is 417 g/mol. The van der Waals surface area contributed by atoms with Crippen LogP contribution in [-0.4, -0.2) is 54.7 Å². The number of anilines is 1. The Hall–Kier alpha value is -2.94. The Kier molecular flexibility index (Phi) is 4.46. The molecular formula is C20H17F2N3O3S. The summed E-state index contributed by atoms with van der Waals surface area (Å²) in [4.78, 5) is 20.9. The molecular weight excluding hydrogens is 400 g/mol. The maximum absolute atomic E-state index is 13.9. The third-order valence-corrected chi connectivity index (χ3v) is 6.11. The number of carbonyl (C=O) groups excluding carboxylic acids is 1. The zero-order chi connectivity index (χ0) is 20.0. The van der Waals surface area contributed by atoms with Gasteiger partial charge in [0.05, 0.1) is 4.70 Å². The molecule has 1 fully saturated rings. The molecule has 0 bridgehead atoms. The Morgan fingerprint density at radius 1 is 1.10 bits per heavy atom. The van der Waals surface area contributed by atoms with E-state index >= 15 is 0 Å². The second kappa shape index (κ2) is 7.14. The average Bonchev–Trinajstić information content (AvgIpc) is 3.17. The van der Waals surface area contributed by atoms with Crippen LogP contribution in [0.25, 0.3) is 10.2 Å². The van der Waals surface area contributed by atoms with E-state index < -0.39 is 17.7 Å². The fourth-order valence-electron chi connectivity index (χ4n) is 3.54. The number of para-hydroxylation sites is 2. The Balaban J connectivity index is 1.25. The summed E-state index contributed by atoms with van der Waals surface area (Å²) < 4.78 is 39.2. The van der Waals surface area contributed by atoms with E-state index in [1.807, 2.05) is 23.1 Å².